The highest BCUT2D eigenvalue weighted by atomic mass is 16.6. The minimum absolute atomic E-state index is 0.309. The lowest BCUT2D eigenvalue weighted by molar-refractivity contribution is -0.00751. The predicted octanol–water partition coefficient (Wildman–Crippen LogP) is 2.26. The average Bonchev–Trinajstić information content (AvgIpc) is 3.02. The summed E-state index contributed by atoms with van der Waals surface area (Å²) < 4.78 is 16.5. The van der Waals surface area contributed by atoms with Crippen LogP contribution in [-0.2, 0) is 9.47 Å². The molecule has 1 unspecified atom stereocenters. The Morgan fingerprint density at radius 3 is 2.62 bits per heavy atom. The summed E-state index contributed by atoms with van der Waals surface area (Å²) in [6, 6.07) is 9.80. The Kier molecular flexibility index (Phi) is 3.46. The molecule has 0 saturated carbocycles. The first-order chi connectivity index (χ1) is 7.66. The highest BCUT2D eigenvalue weighted by molar-refractivity contribution is 5.21. The Hall–Kier alpha value is -1.06. The van der Waals surface area contributed by atoms with Crippen LogP contribution >= 0.6 is 0 Å². The standard InChI is InChI=1S/C13H18O3/c1-13(2,10-14-8-12-9-15-12)16-11-6-4-3-5-7-11/h3-7,12H,8-10H2,1-2H3. The second-order valence-corrected chi connectivity index (χ2v) is 4.65. The second kappa shape index (κ2) is 4.85. The molecule has 1 aliphatic heterocycles. The van der Waals surface area contributed by atoms with Crippen molar-refractivity contribution in [1.29, 1.82) is 0 Å². The van der Waals surface area contributed by atoms with Crippen molar-refractivity contribution in [3.8, 4) is 5.75 Å². The van der Waals surface area contributed by atoms with E-state index in [2.05, 4.69) is 0 Å². The predicted molar refractivity (Wildman–Crippen MR) is 61.7 cm³/mol. The summed E-state index contributed by atoms with van der Waals surface area (Å²) in [4.78, 5) is 0. The lowest BCUT2D eigenvalue weighted by Gasteiger charge is -2.26. The average molecular weight is 222 g/mol. The van der Waals surface area contributed by atoms with Gasteiger partial charge in [0.25, 0.3) is 0 Å². The van der Waals surface area contributed by atoms with Gasteiger partial charge in [-0.2, -0.15) is 0 Å². The van der Waals surface area contributed by atoms with Crippen molar-refractivity contribution in [2.75, 3.05) is 19.8 Å². The molecule has 1 atom stereocenters. The van der Waals surface area contributed by atoms with E-state index in [1.807, 2.05) is 44.2 Å². The molecule has 0 spiro atoms. The molecule has 0 amide bonds. The molecular formula is C13H18O3. The molecule has 2 rings (SSSR count). The number of rotatable bonds is 6. The summed E-state index contributed by atoms with van der Waals surface area (Å²) in [6.45, 7) is 6.12. The minimum atomic E-state index is -0.309. The molecule has 0 radical (unpaired) electrons. The molecule has 0 aliphatic carbocycles. The number of hydrogen-bond donors (Lipinski definition) is 0. The Bertz CT molecular complexity index is 317. The molecule has 0 N–H and O–H groups in total. The third-order valence-electron chi connectivity index (χ3n) is 2.29. The molecule has 0 aromatic heterocycles. The Morgan fingerprint density at radius 2 is 2.00 bits per heavy atom. The van der Waals surface area contributed by atoms with Crippen molar-refractivity contribution in [2.24, 2.45) is 0 Å². The fourth-order valence-corrected chi connectivity index (χ4v) is 1.44. The third-order valence-corrected chi connectivity index (χ3v) is 2.29. The summed E-state index contributed by atoms with van der Waals surface area (Å²) in [7, 11) is 0. The normalized spacial score (nSPS) is 19.5. The zero-order valence-electron chi connectivity index (χ0n) is 9.81. The molecule has 1 aliphatic rings. The van der Waals surface area contributed by atoms with E-state index in [0.717, 1.165) is 12.4 Å². The van der Waals surface area contributed by atoms with Gasteiger partial charge in [-0.05, 0) is 26.0 Å². The first kappa shape index (κ1) is 11.4. The summed E-state index contributed by atoms with van der Waals surface area (Å²) in [5.74, 6) is 0.874. The highest BCUT2D eigenvalue weighted by Gasteiger charge is 2.25. The fraction of sp³-hybridized carbons (Fsp3) is 0.538. The van der Waals surface area contributed by atoms with Gasteiger partial charge in [0.05, 0.1) is 19.8 Å². The van der Waals surface area contributed by atoms with E-state index >= 15 is 0 Å². The highest BCUT2D eigenvalue weighted by Crippen LogP contribution is 2.18. The molecule has 3 heteroatoms. The van der Waals surface area contributed by atoms with E-state index in [-0.39, 0.29) is 5.60 Å². The first-order valence-corrected chi connectivity index (χ1v) is 5.59. The van der Waals surface area contributed by atoms with Gasteiger partial charge in [-0.3, -0.25) is 0 Å². The van der Waals surface area contributed by atoms with Gasteiger partial charge in [-0.25, -0.2) is 0 Å². The van der Waals surface area contributed by atoms with Gasteiger partial charge < -0.3 is 14.2 Å². The molecule has 1 aromatic rings. The maximum absolute atomic E-state index is 5.84. The summed E-state index contributed by atoms with van der Waals surface area (Å²) >= 11 is 0. The zero-order chi connectivity index (χ0) is 11.4. The molecule has 3 nitrogen and oxygen atoms in total. The van der Waals surface area contributed by atoms with Gasteiger partial charge in [0.2, 0.25) is 0 Å². The summed E-state index contributed by atoms with van der Waals surface area (Å²) in [5.41, 5.74) is -0.309. The Morgan fingerprint density at radius 1 is 1.31 bits per heavy atom. The molecule has 1 fully saturated rings. The van der Waals surface area contributed by atoms with Crippen molar-refractivity contribution in [1.82, 2.24) is 0 Å². The first-order valence-electron chi connectivity index (χ1n) is 5.59. The lowest BCUT2D eigenvalue weighted by Crippen LogP contribution is -2.34. The van der Waals surface area contributed by atoms with Crippen molar-refractivity contribution >= 4 is 0 Å². The smallest absolute Gasteiger partial charge is 0.127 e. The van der Waals surface area contributed by atoms with Crippen LogP contribution in [-0.4, -0.2) is 31.5 Å². The molecule has 16 heavy (non-hydrogen) atoms. The number of benzene rings is 1. The monoisotopic (exact) mass is 222 g/mol. The molecule has 1 heterocycles. The SMILES string of the molecule is CC(C)(COCC1CO1)Oc1ccccc1. The number of epoxide rings is 1. The number of para-hydroxylation sites is 1. The van der Waals surface area contributed by atoms with Gasteiger partial charge in [0.15, 0.2) is 0 Å². The molecule has 0 bridgehead atoms. The van der Waals surface area contributed by atoms with Gasteiger partial charge >= 0.3 is 0 Å². The van der Waals surface area contributed by atoms with E-state index in [1.165, 1.54) is 0 Å². The molecular weight excluding hydrogens is 204 g/mol. The molecule has 88 valence electrons. The van der Waals surface area contributed by atoms with Crippen LogP contribution in [0.3, 0.4) is 0 Å². The van der Waals surface area contributed by atoms with Crippen LogP contribution in [0.15, 0.2) is 30.3 Å². The number of ether oxygens (including phenoxy) is 3. The van der Waals surface area contributed by atoms with Crippen LogP contribution in [0, 0.1) is 0 Å². The minimum Gasteiger partial charge on any atom is -0.485 e. The summed E-state index contributed by atoms with van der Waals surface area (Å²) in [5, 5.41) is 0. The molecule has 1 saturated heterocycles. The van der Waals surface area contributed by atoms with Crippen molar-refractivity contribution in [3.05, 3.63) is 30.3 Å². The topological polar surface area (TPSA) is 31.0 Å². The van der Waals surface area contributed by atoms with E-state index < -0.39 is 0 Å². The van der Waals surface area contributed by atoms with E-state index in [4.69, 9.17) is 14.2 Å². The number of hydrogen-bond acceptors (Lipinski definition) is 3. The van der Waals surface area contributed by atoms with Crippen LogP contribution in [0.5, 0.6) is 5.75 Å². The van der Waals surface area contributed by atoms with Crippen molar-refractivity contribution in [2.45, 2.75) is 25.6 Å². The second-order valence-electron chi connectivity index (χ2n) is 4.65. The van der Waals surface area contributed by atoms with Crippen LogP contribution in [0.25, 0.3) is 0 Å². The van der Waals surface area contributed by atoms with E-state index in [0.29, 0.717) is 19.3 Å². The van der Waals surface area contributed by atoms with Gasteiger partial charge in [0, 0.05) is 0 Å². The maximum atomic E-state index is 5.84. The van der Waals surface area contributed by atoms with Gasteiger partial charge in [-0.15, -0.1) is 0 Å². The zero-order valence-corrected chi connectivity index (χ0v) is 9.81. The van der Waals surface area contributed by atoms with Crippen molar-refractivity contribution in [3.63, 3.8) is 0 Å². The van der Waals surface area contributed by atoms with Gasteiger partial charge in [-0.1, -0.05) is 18.2 Å². The van der Waals surface area contributed by atoms with E-state index in [1.54, 1.807) is 0 Å². The largest absolute Gasteiger partial charge is 0.485 e. The van der Waals surface area contributed by atoms with Crippen molar-refractivity contribution < 1.29 is 14.2 Å². The maximum Gasteiger partial charge on any atom is 0.127 e. The third kappa shape index (κ3) is 3.83. The van der Waals surface area contributed by atoms with Crippen LogP contribution < -0.4 is 4.74 Å². The Labute approximate surface area is 96.3 Å². The fourth-order valence-electron chi connectivity index (χ4n) is 1.44. The van der Waals surface area contributed by atoms with Crippen LogP contribution in [0.2, 0.25) is 0 Å². The van der Waals surface area contributed by atoms with E-state index in [9.17, 15) is 0 Å². The van der Waals surface area contributed by atoms with Crippen LogP contribution in [0.1, 0.15) is 13.8 Å². The quantitative estimate of drug-likeness (QED) is 0.692. The Balaban J connectivity index is 1.76. The summed E-state index contributed by atoms with van der Waals surface area (Å²) in [6.07, 6.45) is 0.313. The van der Waals surface area contributed by atoms with Crippen LogP contribution in [0.4, 0.5) is 0 Å². The lowest BCUT2D eigenvalue weighted by atomic mass is 10.1. The molecule has 1 aromatic carbocycles. The van der Waals surface area contributed by atoms with Gasteiger partial charge in [0.1, 0.15) is 17.5 Å².